The molecular weight excluding hydrogens is 267 g/mol. The highest BCUT2D eigenvalue weighted by Crippen LogP contribution is 2.40. The summed E-state index contributed by atoms with van der Waals surface area (Å²) in [5.74, 6) is -0.403. The van der Waals surface area contributed by atoms with Crippen molar-refractivity contribution in [3.05, 3.63) is 29.8 Å². The maximum Gasteiger partial charge on any atom is 0.296 e. The smallest absolute Gasteiger partial charge is 0.296 e. The van der Waals surface area contributed by atoms with Gasteiger partial charge in [0.2, 0.25) is 0 Å². The number of aromatic hydroxyl groups is 1. The fourth-order valence-electron chi connectivity index (χ4n) is 1.82. The molecule has 0 fully saturated rings. The van der Waals surface area contributed by atoms with E-state index in [-0.39, 0.29) is 5.69 Å². The van der Waals surface area contributed by atoms with E-state index in [1.54, 1.807) is 18.2 Å². The Morgan fingerprint density at radius 1 is 1.26 bits per heavy atom. The number of rotatable bonds is 2. The molecule has 2 aromatic carbocycles. The third-order valence-corrected chi connectivity index (χ3v) is 3.51. The van der Waals surface area contributed by atoms with Gasteiger partial charge in [-0.25, -0.2) is 0 Å². The summed E-state index contributed by atoms with van der Waals surface area (Å²) < 4.78 is 31.8. The molecule has 19 heavy (non-hydrogen) atoms. The molecule has 0 atom stereocenters. The van der Waals surface area contributed by atoms with Crippen LogP contribution in [-0.4, -0.2) is 26.1 Å². The minimum Gasteiger partial charge on any atom is -0.505 e. The first-order valence-corrected chi connectivity index (χ1v) is 6.63. The van der Waals surface area contributed by atoms with Crippen molar-refractivity contribution >= 4 is 34.6 Å². The van der Waals surface area contributed by atoms with Crippen LogP contribution in [0.5, 0.6) is 5.75 Å². The first kappa shape index (κ1) is 13.5. The molecule has 0 spiro atoms. The van der Waals surface area contributed by atoms with Crippen molar-refractivity contribution < 1.29 is 18.1 Å². The second-order valence-corrected chi connectivity index (χ2v) is 5.38. The number of fused-ring (bicyclic) bond motifs is 1. The van der Waals surface area contributed by atoms with E-state index in [0.717, 1.165) is 5.56 Å². The van der Waals surface area contributed by atoms with Crippen LogP contribution < -0.4 is 0 Å². The van der Waals surface area contributed by atoms with Gasteiger partial charge in [0.05, 0.1) is 0 Å². The van der Waals surface area contributed by atoms with Gasteiger partial charge in [0.25, 0.3) is 18.1 Å². The summed E-state index contributed by atoms with van der Waals surface area (Å²) in [6, 6.07) is 6.25. The molecule has 8 heteroatoms. The number of nitrogens with zero attached hydrogens (tertiary/aromatic N) is 2. The van der Waals surface area contributed by atoms with Gasteiger partial charge in [0.15, 0.2) is 5.75 Å². The molecular formula is C11H9BN2O4S. The van der Waals surface area contributed by atoms with E-state index in [0.29, 0.717) is 10.8 Å². The maximum atomic E-state index is 11.3. The zero-order valence-electron chi connectivity index (χ0n) is 9.90. The summed E-state index contributed by atoms with van der Waals surface area (Å²) in [4.78, 5) is -0.544. The van der Waals surface area contributed by atoms with E-state index in [1.165, 1.54) is 6.07 Å². The van der Waals surface area contributed by atoms with Gasteiger partial charge in [-0.1, -0.05) is 23.8 Å². The third kappa shape index (κ3) is 2.45. The van der Waals surface area contributed by atoms with E-state index in [4.69, 9.17) is 12.5 Å². The van der Waals surface area contributed by atoms with Gasteiger partial charge in [-0.15, -0.1) is 0 Å². The van der Waals surface area contributed by atoms with Crippen molar-refractivity contribution in [2.75, 3.05) is 0 Å². The quantitative estimate of drug-likeness (QED) is 0.499. The van der Waals surface area contributed by atoms with Gasteiger partial charge in [-0.05, 0) is 18.4 Å². The molecule has 0 amide bonds. The summed E-state index contributed by atoms with van der Waals surface area (Å²) in [6.07, 6.45) is 0. The first-order valence-electron chi connectivity index (χ1n) is 5.19. The predicted molar refractivity (Wildman–Crippen MR) is 70.4 cm³/mol. The Hall–Kier alpha value is -1.93. The summed E-state index contributed by atoms with van der Waals surface area (Å²) in [6.45, 7) is 1.82. The van der Waals surface area contributed by atoms with Gasteiger partial charge in [-0.3, -0.25) is 9.58 Å². The second kappa shape index (κ2) is 4.63. The Morgan fingerprint density at radius 3 is 2.53 bits per heavy atom. The van der Waals surface area contributed by atoms with Crippen LogP contribution in [0.15, 0.2) is 39.3 Å². The molecule has 2 rings (SSSR count). The number of phenols is 1. The molecule has 0 aliphatic carbocycles. The molecule has 2 aromatic rings. The van der Waals surface area contributed by atoms with Crippen molar-refractivity contribution in [3.63, 3.8) is 0 Å². The Labute approximate surface area is 111 Å². The van der Waals surface area contributed by atoms with Crippen molar-refractivity contribution in [3.8, 4) is 5.75 Å². The molecule has 0 aliphatic rings. The Morgan fingerprint density at radius 2 is 1.95 bits per heavy atom. The van der Waals surface area contributed by atoms with E-state index >= 15 is 0 Å². The lowest BCUT2D eigenvalue weighted by molar-refractivity contribution is 0.472. The molecule has 0 aliphatic heterocycles. The van der Waals surface area contributed by atoms with Crippen LogP contribution in [0.25, 0.3) is 10.8 Å². The van der Waals surface area contributed by atoms with Crippen LogP contribution in [0.1, 0.15) is 5.56 Å². The molecule has 2 radical (unpaired) electrons. The Bertz CT molecular complexity index is 787. The van der Waals surface area contributed by atoms with E-state index in [2.05, 4.69) is 10.1 Å². The van der Waals surface area contributed by atoms with Crippen LogP contribution in [-0.2, 0) is 10.1 Å². The lowest BCUT2D eigenvalue weighted by Gasteiger charge is -2.09. The van der Waals surface area contributed by atoms with Crippen LogP contribution >= 0.6 is 0 Å². The molecule has 0 saturated carbocycles. The molecule has 96 valence electrons. The molecule has 0 bridgehead atoms. The molecule has 0 unspecified atom stereocenters. The minimum atomic E-state index is -4.55. The van der Waals surface area contributed by atoms with E-state index in [1.807, 2.05) is 6.92 Å². The second-order valence-electron chi connectivity index (χ2n) is 3.99. The number of hydrogen-bond donors (Lipinski definition) is 2. The summed E-state index contributed by atoms with van der Waals surface area (Å²) >= 11 is 0. The third-order valence-electron chi connectivity index (χ3n) is 2.64. The van der Waals surface area contributed by atoms with Crippen molar-refractivity contribution in [2.24, 2.45) is 10.1 Å². The van der Waals surface area contributed by atoms with Crippen molar-refractivity contribution in [1.82, 2.24) is 0 Å². The van der Waals surface area contributed by atoms with Crippen LogP contribution in [0, 0.1) is 6.92 Å². The Kier molecular flexibility index (Phi) is 3.29. The first-order chi connectivity index (χ1) is 8.84. The molecule has 2 N–H and O–H groups in total. The maximum absolute atomic E-state index is 11.3. The summed E-state index contributed by atoms with van der Waals surface area (Å²) in [7, 11) is 0.329. The zero-order valence-corrected chi connectivity index (χ0v) is 10.7. The predicted octanol–water partition coefficient (Wildman–Crippen LogP) is 2.27. The summed E-state index contributed by atoms with van der Waals surface area (Å²) in [5.41, 5.74) is 0.489. The number of phenolic OH excluding ortho intramolecular Hbond substituents is 1. The fraction of sp³-hybridized carbons (Fsp3) is 0.0909. The van der Waals surface area contributed by atoms with E-state index in [9.17, 15) is 13.5 Å². The monoisotopic (exact) mass is 276 g/mol. The van der Waals surface area contributed by atoms with Crippen molar-refractivity contribution in [2.45, 2.75) is 11.8 Å². The number of benzene rings is 2. The van der Waals surface area contributed by atoms with Gasteiger partial charge < -0.3 is 5.11 Å². The largest absolute Gasteiger partial charge is 0.505 e. The number of hydrogen-bond acceptors (Lipinski definition) is 5. The standard InChI is InChI=1S/C11H9BN2O4S/c1-6-2-3-8-7(4-6)5-9(19(16,17)18)10(11(8)15)13-14-12/h2-5,15H,1H3,(H,16,17,18). The average Bonchev–Trinajstić information content (AvgIpc) is 2.31. The van der Waals surface area contributed by atoms with Gasteiger partial charge in [-0.2, -0.15) is 13.5 Å². The number of aryl methyl sites for hydroxylation is 1. The minimum absolute atomic E-state index is 0.388. The molecule has 0 heterocycles. The molecule has 0 aromatic heterocycles. The topological polar surface area (TPSA) is 99.3 Å². The average molecular weight is 276 g/mol. The molecule has 6 nitrogen and oxygen atoms in total. The summed E-state index contributed by atoms with van der Waals surface area (Å²) in [5, 5.41) is 17.2. The van der Waals surface area contributed by atoms with Gasteiger partial charge in [0, 0.05) is 5.39 Å². The molecule has 0 saturated heterocycles. The fourth-order valence-corrected chi connectivity index (χ4v) is 2.48. The van der Waals surface area contributed by atoms with Crippen LogP contribution in [0.3, 0.4) is 0 Å². The van der Waals surface area contributed by atoms with Gasteiger partial charge >= 0.3 is 0 Å². The van der Waals surface area contributed by atoms with Gasteiger partial charge in [0.1, 0.15) is 10.6 Å². The van der Waals surface area contributed by atoms with Crippen molar-refractivity contribution in [1.29, 1.82) is 0 Å². The lowest BCUT2D eigenvalue weighted by atomic mass is 10.1. The highest BCUT2D eigenvalue weighted by atomic mass is 32.2. The normalized spacial score (nSPS) is 12.3. The Balaban J connectivity index is 2.98. The van der Waals surface area contributed by atoms with Crippen LogP contribution in [0.2, 0.25) is 0 Å². The highest BCUT2D eigenvalue weighted by molar-refractivity contribution is 7.86. The zero-order chi connectivity index (χ0) is 14.2. The van der Waals surface area contributed by atoms with Crippen LogP contribution in [0.4, 0.5) is 5.69 Å². The SMILES string of the molecule is [B]N=Nc1c(S(=O)(=O)O)cc2cc(C)ccc2c1O. The lowest BCUT2D eigenvalue weighted by Crippen LogP contribution is -1.99. The highest BCUT2D eigenvalue weighted by Gasteiger charge is 2.21. The van der Waals surface area contributed by atoms with E-state index < -0.39 is 20.8 Å².